The van der Waals surface area contributed by atoms with Gasteiger partial charge in [-0.05, 0) is 12.5 Å². The first-order valence-corrected chi connectivity index (χ1v) is 4.60. The highest BCUT2D eigenvalue weighted by Gasteiger charge is 1.98. The van der Waals surface area contributed by atoms with Crippen LogP contribution in [-0.2, 0) is 0 Å². The fraction of sp³-hybridized carbons (Fsp3) is 0.273. The van der Waals surface area contributed by atoms with Crippen LogP contribution in [0.3, 0.4) is 0 Å². The topological polar surface area (TPSA) is 25.0 Å². The van der Waals surface area contributed by atoms with E-state index in [9.17, 15) is 0 Å². The quantitative estimate of drug-likeness (QED) is 0.762. The van der Waals surface area contributed by atoms with Gasteiger partial charge >= 0.3 is 0 Å². The standard InChI is InChI=1S/C11H13NO/c1-2-7-13-11-8-9-5-3-4-6-10(9)12-11/h3-6,8,12H,2,7H2,1H3. The van der Waals surface area contributed by atoms with Crippen LogP contribution in [0.2, 0.25) is 0 Å². The van der Waals surface area contributed by atoms with Crippen LogP contribution in [0, 0.1) is 0 Å². The van der Waals surface area contributed by atoms with Crippen LogP contribution < -0.4 is 4.74 Å². The van der Waals surface area contributed by atoms with E-state index in [2.05, 4.69) is 18.0 Å². The molecule has 1 aromatic carbocycles. The summed E-state index contributed by atoms with van der Waals surface area (Å²) < 4.78 is 5.48. The molecule has 2 heteroatoms. The van der Waals surface area contributed by atoms with E-state index in [4.69, 9.17) is 4.74 Å². The van der Waals surface area contributed by atoms with Crippen molar-refractivity contribution in [1.29, 1.82) is 0 Å². The van der Waals surface area contributed by atoms with Crippen molar-refractivity contribution in [2.24, 2.45) is 0 Å². The third kappa shape index (κ3) is 1.66. The van der Waals surface area contributed by atoms with Crippen LogP contribution in [0.15, 0.2) is 30.3 Å². The Morgan fingerprint density at radius 2 is 2.15 bits per heavy atom. The lowest BCUT2D eigenvalue weighted by molar-refractivity contribution is 0.308. The zero-order valence-electron chi connectivity index (χ0n) is 7.71. The van der Waals surface area contributed by atoms with Crippen LogP contribution >= 0.6 is 0 Å². The van der Waals surface area contributed by atoms with E-state index < -0.39 is 0 Å². The highest BCUT2D eigenvalue weighted by atomic mass is 16.5. The first-order chi connectivity index (χ1) is 6.40. The monoisotopic (exact) mass is 175 g/mol. The van der Waals surface area contributed by atoms with Gasteiger partial charge in [0.25, 0.3) is 0 Å². The minimum absolute atomic E-state index is 0.771. The van der Waals surface area contributed by atoms with Crippen LogP contribution in [-0.4, -0.2) is 11.6 Å². The summed E-state index contributed by atoms with van der Waals surface area (Å²) in [5.74, 6) is 0.864. The van der Waals surface area contributed by atoms with Gasteiger partial charge < -0.3 is 9.72 Å². The summed E-state index contributed by atoms with van der Waals surface area (Å²) in [5.41, 5.74) is 1.13. The summed E-state index contributed by atoms with van der Waals surface area (Å²) in [4.78, 5) is 3.21. The molecule has 0 unspecified atom stereocenters. The summed E-state index contributed by atoms with van der Waals surface area (Å²) in [7, 11) is 0. The molecule has 0 atom stereocenters. The molecular formula is C11H13NO. The number of benzene rings is 1. The van der Waals surface area contributed by atoms with Gasteiger partial charge in [0.05, 0.1) is 6.61 Å². The molecule has 0 saturated heterocycles. The van der Waals surface area contributed by atoms with E-state index in [0.29, 0.717) is 0 Å². The smallest absolute Gasteiger partial charge is 0.191 e. The number of fused-ring (bicyclic) bond motifs is 1. The lowest BCUT2D eigenvalue weighted by atomic mass is 10.3. The van der Waals surface area contributed by atoms with Crippen molar-refractivity contribution in [3.63, 3.8) is 0 Å². The average Bonchev–Trinajstić information content (AvgIpc) is 2.57. The Balaban J connectivity index is 2.28. The molecule has 0 aliphatic carbocycles. The highest BCUT2D eigenvalue weighted by Crippen LogP contribution is 2.19. The van der Waals surface area contributed by atoms with E-state index in [1.54, 1.807) is 0 Å². The van der Waals surface area contributed by atoms with Crippen LogP contribution in [0.4, 0.5) is 0 Å². The van der Waals surface area contributed by atoms with Crippen molar-refractivity contribution in [2.45, 2.75) is 13.3 Å². The van der Waals surface area contributed by atoms with E-state index in [1.807, 2.05) is 24.3 Å². The van der Waals surface area contributed by atoms with Crippen molar-refractivity contribution < 1.29 is 4.74 Å². The van der Waals surface area contributed by atoms with Gasteiger partial charge in [0.1, 0.15) is 0 Å². The maximum atomic E-state index is 5.48. The number of H-pyrrole nitrogens is 1. The van der Waals surface area contributed by atoms with Gasteiger partial charge in [-0.15, -0.1) is 0 Å². The van der Waals surface area contributed by atoms with Gasteiger partial charge in [0.2, 0.25) is 0 Å². The molecule has 0 radical (unpaired) electrons. The molecule has 1 heterocycles. The number of rotatable bonds is 3. The Hall–Kier alpha value is -1.44. The van der Waals surface area contributed by atoms with Crippen LogP contribution in [0.5, 0.6) is 5.88 Å². The van der Waals surface area contributed by atoms with Crippen LogP contribution in [0.25, 0.3) is 10.9 Å². The predicted octanol–water partition coefficient (Wildman–Crippen LogP) is 2.96. The lowest BCUT2D eigenvalue weighted by Gasteiger charge is -1.98. The molecule has 0 aliphatic rings. The fourth-order valence-electron chi connectivity index (χ4n) is 1.34. The van der Waals surface area contributed by atoms with Crippen molar-refractivity contribution in [2.75, 3.05) is 6.61 Å². The van der Waals surface area contributed by atoms with Crippen LogP contribution in [0.1, 0.15) is 13.3 Å². The second-order valence-electron chi connectivity index (χ2n) is 3.07. The molecule has 68 valence electrons. The number of ether oxygens (including phenoxy) is 1. The van der Waals surface area contributed by atoms with Gasteiger partial charge in [-0.25, -0.2) is 0 Å². The second-order valence-corrected chi connectivity index (χ2v) is 3.07. The van der Waals surface area contributed by atoms with Gasteiger partial charge in [0.15, 0.2) is 5.88 Å². The van der Waals surface area contributed by atoms with Crippen molar-refractivity contribution >= 4 is 10.9 Å². The summed E-state index contributed by atoms with van der Waals surface area (Å²) in [5, 5.41) is 1.20. The molecule has 1 aromatic heterocycles. The molecule has 1 N–H and O–H groups in total. The first-order valence-electron chi connectivity index (χ1n) is 4.60. The molecule has 13 heavy (non-hydrogen) atoms. The first kappa shape index (κ1) is 8.17. The number of nitrogens with one attached hydrogen (secondary N) is 1. The number of hydrogen-bond donors (Lipinski definition) is 1. The average molecular weight is 175 g/mol. The van der Waals surface area contributed by atoms with Crippen molar-refractivity contribution in [1.82, 2.24) is 4.98 Å². The molecule has 2 rings (SSSR count). The van der Waals surface area contributed by atoms with Crippen molar-refractivity contribution in [3.05, 3.63) is 30.3 Å². The maximum Gasteiger partial charge on any atom is 0.191 e. The molecule has 0 aliphatic heterocycles. The second kappa shape index (κ2) is 3.52. The molecule has 0 amide bonds. The number of aromatic amines is 1. The van der Waals surface area contributed by atoms with Gasteiger partial charge in [-0.2, -0.15) is 0 Å². The van der Waals surface area contributed by atoms with E-state index in [-0.39, 0.29) is 0 Å². The van der Waals surface area contributed by atoms with E-state index in [1.165, 1.54) is 5.39 Å². The number of aromatic nitrogens is 1. The fourth-order valence-corrected chi connectivity index (χ4v) is 1.34. The summed E-state index contributed by atoms with van der Waals surface area (Å²) in [6.07, 6.45) is 1.04. The summed E-state index contributed by atoms with van der Waals surface area (Å²) in [6.45, 7) is 2.87. The highest BCUT2D eigenvalue weighted by molar-refractivity contribution is 5.81. The Morgan fingerprint density at radius 1 is 1.31 bits per heavy atom. The minimum atomic E-state index is 0.771. The van der Waals surface area contributed by atoms with Gasteiger partial charge in [-0.3, -0.25) is 0 Å². The molecule has 0 spiro atoms. The Kier molecular flexibility index (Phi) is 2.21. The van der Waals surface area contributed by atoms with E-state index >= 15 is 0 Å². The maximum absolute atomic E-state index is 5.48. The third-order valence-electron chi connectivity index (χ3n) is 1.97. The SMILES string of the molecule is CCCOc1cc2ccccc2[nH]1. The summed E-state index contributed by atoms with van der Waals surface area (Å²) >= 11 is 0. The van der Waals surface area contributed by atoms with Crippen molar-refractivity contribution in [3.8, 4) is 5.88 Å². The molecule has 2 aromatic rings. The number of hydrogen-bond acceptors (Lipinski definition) is 1. The molecule has 2 nitrogen and oxygen atoms in total. The largest absolute Gasteiger partial charge is 0.479 e. The Labute approximate surface area is 77.5 Å². The Bertz CT molecular complexity index is 359. The lowest BCUT2D eigenvalue weighted by Crippen LogP contribution is -1.94. The van der Waals surface area contributed by atoms with E-state index in [0.717, 1.165) is 24.4 Å². The molecular weight excluding hydrogens is 162 g/mol. The molecule has 0 fully saturated rings. The number of para-hydroxylation sites is 1. The van der Waals surface area contributed by atoms with Gasteiger partial charge in [0, 0.05) is 17.0 Å². The zero-order valence-corrected chi connectivity index (χ0v) is 7.71. The molecule has 0 saturated carbocycles. The predicted molar refractivity (Wildman–Crippen MR) is 54.1 cm³/mol. The Morgan fingerprint density at radius 3 is 2.92 bits per heavy atom. The third-order valence-corrected chi connectivity index (χ3v) is 1.97. The normalized spacial score (nSPS) is 10.5. The summed E-state index contributed by atoms with van der Waals surface area (Å²) in [6, 6.07) is 10.2. The minimum Gasteiger partial charge on any atom is -0.479 e. The van der Waals surface area contributed by atoms with Gasteiger partial charge in [-0.1, -0.05) is 25.1 Å². The molecule has 0 bridgehead atoms. The zero-order chi connectivity index (χ0) is 9.10.